The van der Waals surface area contributed by atoms with Gasteiger partial charge in [0, 0.05) is 15.5 Å². The normalized spacial score (nSPS) is 21.4. The number of anilines is 1. The van der Waals surface area contributed by atoms with Crippen molar-refractivity contribution < 1.29 is 0 Å². The maximum atomic E-state index is 6.18. The lowest BCUT2D eigenvalue weighted by molar-refractivity contribution is 0.374. The minimum Gasteiger partial charge on any atom is -0.381 e. The SMILES string of the molecule is Clc1ccc(NC2CC(c3cccc(Br)c3)C2)c(Cl)c1. The summed E-state index contributed by atoms with van der Waals surface area (Å²) < 4.78 is 1.15. The van der Waals surface area contributed by atoms with Gasteiger partial charge < -0.3 is 5.32 Å². The first kappa shape index (κ1) is 14.2. The van der Waals surface area contributed by atoms with Crippen LogP contribution >= 0.6 is 39.1 Å². The van der Waals surface area contributed by atoms with Gasteiger partial charge in [0.2, 0.25) is 0 Å². The molecule has 0 amide bonds. The van der Waals surface area contributed by atoms with Crippen LogP contribution < -0.4 is 5.32 Å². The Kier molecular flexibility index (Phi) is 4.25. The Morgan fingerprint density at radius 2 is 1.85 bits per heavy atom. The molecule has 2 aromatic carbocycles. The van der Waals surface area contributed by atoms with Gasteiger partial charge in [-0.05, 0) is 54.7 Å². The van der Waals surface area contributed by atoms with Crippen molar-refractivity contribution in [1.82, 2.24) is 0 Å². The van der Waals surface area contributed by atoms with Crippen LogP contribution in [0.1, 0.15) is 24.3 Å². The van der Waals surface area contributed by atoms with E-state index in [9.17, 15) is 0 Å². The van der Waals surface area contributed by atoms with E-state index in [2.05, 4.69) is 45.5 Å². The van der Waals surface area contributed by atoms with Crippen molar-refractivity contribution in [2.24, 2.45) is 0 Å². The van der Waals surface area contributed by atoms with Crippen molar-refractivity contribution >= 4 is 44.8 Å². The Hall–Kier alpha value is -0.700. The Balaban J connectivity index is 1.61. The lowest BCUT2D eigenvalue weighted by Crippen LogP contribution is -2.34. The van der Waals surface area contributed by atoms with Gasteiger partial charge in [-0.3, -0.25) is 0 Å². The summed E-state index contributed by atoms with van der Waals surface area (Å²) in [5.74, 6) is 0.635. The van der Waals surface area contributed by atoms with Gasteiger partial charge in [-0.2, -0.15) is 0 Å². The molecule has 1 nitrogen and oxygen atoms in total. The molecule has 104 valence electrons. The third-order valence-corrected chi connectivity index (χ3v) is 4.79. The molecule has 0 radical (unpaired) electrons. The monoisotopic (exact) mass is 369 g/mol. The molecule has 1 N–H and O–H groups in total. The van der Waals surface area contributed by atoms with Gasteiger partial charge in [-0.25, -0.2) is 0 Å². The highest BCUT2D eigenvalue weighted by Gasteiger charge is 2.30. The summed E-state index contributed by atoms with van der Waals surface area (Å²) in [5.41, 5.74) is 2.37. The second kappa shape index (κ2) is 5.97. The molecule has 3 rings (SSSR count). The number of nitrogens with one attached hydrogen (secondary N) is 1. The third-order valence-electron chi connectivity index (χ3n) is 3.75. The molecule has 4 heteroatoms. The first-order valence-electron chi connectivity index (χ1n) is 6.59. The maximum absolute atomic E-state index is 6.18. The van der Waals surface area contributed by atoms with E-state index in [0.29, 0.717) is 22.0 Å². The molecule has 20 heavy (non-hydrogen) atoms. The predicted molar refractivity (Wildman–Crippen MR) is 90.0 cm³/mol. The van der Waals surface area contributed by atoms with Gasteiger partial charge in [0.1, 0.15) is 0 Å². The highest BCUT2D eigenvalue weighted by molar-refractivity contribution is 9.10. The van der Waals surface area contributed by atoms with Crippen molar-refractivity contribution in [2.75, 3.05) is 5.32 Å². The quantitative estimate of drug-likeness (QED) is 0.686. The van der Waals surface area contributed by atoms with E-state index in [1.165, 1.54) is 5.56 Å². The van der Waals surface area contributed by atoms with Crippen molar-refractivity contribution in [1.29, 1.82) is 0 Å². The molecule has 1 saturated carbocycles. The van der Waals surface area contributed by atoms with E-state index in [4.69, 9.17) is 23.2 Å². The Morgan fingerprint density at radius 3 is 2.55 bits per heavy atom. The topological polar surface area (TPSA) is 12.0 Å². The van der Waals surface area contributed by atoms with Gasteiger partial charge in [0.05, 0.1) is 10.7 Å². The highest BCUT2D eigenvalue weighted by atomic mass is 79.9. The van der Waals surface area contributed by atoms with Crippen LogP contribution in [0.3, 0.4) is 0 Å². The predicted octanol–water partition coefficient (Wildman–Crippen LogP) is 6.11. The number of hydrogen-bond donors (Lipinski definition) is 1. The van der Waals surface area contributed by atoms with E-state index in [0.717, 1.165) is 23.0 Å². The molecule has 1 aliphatic rings. The number of halogens is 3. The summed E-state index contributed by atoms with van der Waals surface area (Å²) in [5, 5.41) is 4.84. The van der Waals surface area contributed by atoms with E-state index >= 15 is 0 Å². The highest BCUT2D eigenvalue weighted by Crippen LogP contribution is 2.40. The summed E-state index contributed by atoms with van der Waals surface area (Å²) in [6, 6.07) is 14.6. The van der Waals surface area contributed by atoms with E-state index in [-0.39, 0.29) is 0 Å². The number of benzene rings is 2. The molecule has 0 heterocycles. The second-order valence-electron chi connectivity index (χ2n) is 5.19. The molecule has 0 atom stereocenters. The van der Waals surface area contributed by atoms with Gasteiger partial charge in [-0.15, -0.1) is 0 Å². The minimum atomic E-state index is 0.484. The lowest BCUT2D eigenvalue weighted by Gasteiger charge is -2.37. The maximum Gasteiger partial charge on any atom is 0.0652 e. The smallest absolute Gasteiger partial charge is 0.0652 e. The van der Waals surface area contributed by atoms with Gasteiger partial charge >= 0.3 is 0 Å². The Morgan fingerprint density at radius 1 is 1.05 bits per heavy atom. The zero-order chi connectivity index (χ0) is 14.1. The first-order chi connectivity index (χ1) is 9.61. The fraction of sp³-hybridized carbons (Fsp3) is 0.250. The standard InChI is InChI=1S/C16H14BrCl2N/c17-12-3-1-2-10(6-12)11-7-14(8-11)20-16-5-4-13(18)9-15(16)19/h1-6,9,11,14,20H,7-8H2. The average Bonchev–Trinajstić information content (AvgIpc) is 2.35. The average molecular weight is 371 g/mol. The molecular formula is C16H14BrCl2N. The summed E-state index contributed by atoms with van der Waals surface area (Å²) in [6.45, 7) is 0. The summed E-state index contributed by atoms with van der Waals surface area (Å²) in [6.07, 6.45) is 2.27. The molecule has 1 fully saturated rings. The summed E-state index contributed by atoms with van der Waals surface area (Å²) in [7, 11) is 0. The van der Waals surface area contributed by atoms with E-state index < -0.39 is 0 Å². The summed E-state index contributed by atoms with van der Waals surface area (Å²) in [4.78, 5) is 0. The van der Waals surface area contributed by atoms with Crippen LogP contribution in [-0.2, 0) is 0 Å². The number of hydrogen-bond acceptors (Lipinski definition) is 1. The molecule has 2 aromatic rings. The van der Waals surface area contributed by atoms with Crippen LogP contribution in [0.15, 0.2) is 46.9 Å². The fourth-order valence-corrected chi connectivity index (χ4v) is 3.47. The van der Waals surface area contributed by atoms with Crippen molar-refractivity contribution in [2.45, 2.75) is 24.8 Å². The Bertz CT molecular complexity index is 624. The van der Waals surface area contributed by atoms with Crippen LogP contribution in [0.5, 0.6) is 0 Å². The van der Waals surface area contributed by atoms with Crippen LogP contribution in [0.4, 0.5) is 5.69 Å². The number of rotatable bonds is 3. The molecule has 0 spiro atoms. The van der Waals surface area contributed by atoms with E-state index in [1.54, 1.807) is 6.07 Å². The first-order valence-corrected chi connectivity index (χ1v) is 8.14. The van der Waals surface area contributed by atoms with Crippen LogP contribution in [0, 0.1) is 0 Å². The Labute approximate surface area is 137 Å². The minimum absolute atomic E-state index is 0.484. The summed E-state index contributed by atoms with van der Waals surface area (Å²) >= 11 is 15.6. The molecule has 1 aliphatic carbocycles. The van der Waals surface area contributed by atoms with Crippen molar-refractivity contribution in [3.8, 4) is 0 Å². The molecule has 0 saturated heterocycles. The van der Waals surface area contributed by atoms with Crippen molar-refractivity contribution in [3.05, 3.63) is 62.5 Å². The molecule has 0 aromatic heterocycles. The van der Waals surface area contributed by atoms with Crippen LogP contribution in [0.25, 0.3) is 0 Å². The molecular weight excluding hydrogens is 357 g/mol. The molecule has 0 aliphatic heterocycles. The zero-order valence-electron chi connectivity index (χ0n) is 10.7. The molecule has 0 unspecified atom stereocenters. The third kappa shape index (κ3) is 3.13. The fourth-order valence-electron chi connectivity index (χ4n) is 2.59. The van der Waals surface area contributed by atoms with Gasteiger partial charge in [-0.1, -0.05) is 51.3 Å². The zero-order valence-corrected chi connectivity index (χ0v) is 13.8. The second-order valence-corrected chi connectivity index (χ2v) is 6.95. The lowest BCUT2D eigenvalue weighted by atomic mass is 9.76. The van der Waals surface area contributed by atoms with E-state index in [1.807, 2.05) is 12.1 Å². The molecule has 0 bridgehead atoms. The van der Waals surface area contributed by atoms with Gasteiger partial charge in [0.15, 0.2) is 0 Å². The van der Waals surface area contributed by atoms with Crippen LogP contribution in [0.2, 0.25) is 10.0 Å². The van der Waals surface area contributed by atoms with Crippen LogP contribution in [-0.4, -0.2) is 6.04 Å². The largest absolute Gasteiger partial charge is 0.381 e. The van der Waals surface area contributed by atoms with Crippen molar-refractivity contribution in [3.63, 3.8) is 0 Å². The van der Waals surface area contributed by atoms with Gasteiger partial charge in [0.25, 0.3) is 0 Å².